The van der Waals surface area contributed by atoms with Crippen LogP contribution in [0.4, 0.5) is 17.6 Å². The van der Waals surface area contributed by atoms with Crippen molar-refractivity contribution < 1.29 is 22.3 Å². The van der Waals surface area contributed by atoms with Gasteiger partial charge in [-0.2, -0.15) is 18.4 Å². The van der Waals surface area contributed by atoms with Crippen molar-refractivity contribution in [2.24, 2.45) is 10.7 Å². The molecule has 12 heteroatoms. The van der Waals surface area contributed by atoms with Gasteiger partial charge in [0.15, 0.2) is 11.9 Å². The van der Waals surface area contributed by atoms with Crippen molar-refractivity contribution in [3.05, 3.63) is 59.7 Å². The Morgan fingerprint density at radius 2 is 2.06 bits per heavy atom. The van der Waals surface area contributed by atoms with Gasteiger partial charge >= 0.3 is 6.18 Å². The highest BCUT2D eigenvalue weighted by Crippen LogP contribution is 2.41. The van der Waals surface area contributed by atoms with Crippen LogP contribution in [0.1, 0.15) is 24.5 Å². The van der Waals surface area contributed by atoms with Crippen LogP contribution >= 0.6 is 0 Å². The summed E-state index contributed by atoms with van der Waals surface area (Å²) in [4.78, 5) is 8.08. The molecule has 0 saturated heterocycles. The Balaban J connectivity index is 1.70. The number of hydrogen-bond acceptors (Lipinski definition) is 7. The Kier molecular flexibility index (Phi) is 5.04. The second kappa shape index (κ2) is 7.60. The van der Waals surface area contributed by atoms with E-state index in [1.54, 1.807) is 12.1 Å². The normalized spacial score (nSPS) is 20.9. The van der Waals surface area contributed by atoms with E-state index >= 15 is 0 Å². The first-order valence-electron chi connectivity index (χ1n) is 9.27. The van der Waals surface area contributed by atoms with Crippen molar-refractivity contribution in [2.75, 3.05) is 0 Å². The van der Waals surface area contributed by atoms with E-state index in [2.05, 4.69) is 25.0 Å². The standard InChI is InChI=1S/C20H15F4N7O/c1-19(7-16(20(22,23)24)32-18(26)28-19)13-6-12(3-4-14(13)21)15-10-31(30-29-15)17-5-2-11(8-25)9-27-17/h2-6,9-10,16H,7H2,1H3,(H2,26,28)/t16-,19+/m0/s1. The summed E-state index contributed by atoms with van der Waals surface area (Å²) in [5, 5.41) is 16.9. The molecular formula is C20H15F4N7O. The van der Waals surface area contributed by atoms with Crippen molar-refractivity contribution >= 4 is 6.02 Å². The zero-order chi connectivity index (χ0) is 23.1. The summed E-state index contributed by atoms with van der Waals surface area (Å²) < 4.78 is 60.4. The quantitative estimate of drug-likeness (QED) is 0.619. The number of nitrogens with two attached hydrogens (primary N) is 1. The minimum absolute atomic E-state index is 0.0819. The molecule has 0 fully saturated rings. The van der Waals surface area contributed by atoms with Gasteiger partial charge in [-0.1, -0.05) is 5.21 Å². The first-order valence-corrected chi connectivity index (χ1v) is 9.27. The zero-order valence-corrected chi connectivity index (χ0v) is 16.5. The molecule has 3 aromatic rings. The predicted molar refractivity (Wildman–Crippen MR) is 104 cm³/mol. The largest absolute Gasteiger partial charge is 0.452 e. The Hall–Kier alpha value is -4.01. The van der Waals surface area contributed by atoms with E-state index in [1.165, 1.54) is 36.1 Å². The minimum atomic E-state index is -4.69. The van der Waals surface area contributed by atoms with E-state index in [4.69, 9.17) is 11.0 Å². The van der Waals surface area contributed by atoms with Crippen LogP contribution in [0.25, 0.3) is 17.1 Å². The molecule has 32 heavy (non-hydrogen) atoms. The number of hydrogen-bond donors (Lipinski definition) is 1. The molecule has 1 aromatic carbocycles. The average molecular weight is 445 g/mol. The van der Waals surface area contributed by atoms with Crippen LogP contribution in [0.3, 0.4) is 0 Å². The SMILES string of the molecule is C[C@]1(c2cc(-c3cn(-c4ccc(C#N)cn4)nn3)ccc2F)C[C@@H](C(F)(F)F)OC(N)=N1. The molecule has 8 nitrogen and oxygen atoms in total. The number of rotatable bonds is 3. The van der Waals surface area contributed by atoms with Gasteiger partial charge in [0.25, 0.3) is 6.02 Å². The first kappa shape index (κ1) is 21.2. The van der Waals surface area contributed by atoms with Gasteiger partial charge in [-0.15, -0.1) is 5.10 Å². The van der Waals surface area contributed by atoms with Crippen LogP contribution in [-0.2, 0) is 10.3 Å². The summed E-state index contributed by atoms with van der Waals surface area (Å²) in [7, 11) is 0. The van der Waals surface area contributed by atoms with E-state index < -0.39 is 36.1 Å². The summed E-state index contributed by atoms with van der Waals surface area (Å²) in [5.41, 5.74) is 4.90. The third kappa shape index (κ3) is 3.96. The summed E-state index contributed by atoms with van der Waals surface area (Å²) in [5.74, 6) is -0.344. The third-order valence-electron chi connectivity index (χ3n) is 5.02. The fraction of sp³-hybridized carbons (Fsp3) is 0.250. The van der Waals surface area contributed by atoms with Crippen LogP contribution in [-0.4, -0.2) is 38.3 Å². The second-order valence-electron chi connectivity index (χ2n) is 7.34. The summed E-state index contributed by atoms with van der Waals surface area (Å²) in [6.45, 7) is 1.36. The zero-order valence-electron chi connectivity index (χ0n) is 16.5. The summed E-state index contributed by atoms with van der Waals surface area (Å²) >= 11 is 0. The van der Waals surface area contributed by atoms with E-state index in [9.17, 15) is 17.6 Å². The molecule has 164 valence electrons. The van der Waals surface area contributed by atoms with Crippen molar-refractivity contribution in [3.8, 4) is 23.1 Å². The smallest absolute Gasteiger partial charge is 0.425 e. The van der Waals surface area contributed by atoms with Gasteiger partial charge in [-0.05, 0) is 37.3 Å². The fourth-order valence-corrected chi connectivity index (χ4v) is 3.41. The maximum absolute atomic E-state index is 14.7. The maximum atomic E-state index is 14.7. The topological polar surface area (TPSA) is 115 Å². The maximum Gasteiger partial charge on any atom is 0.425 e. The number of amidine groups is 1. The molecule has 2 atom stereocenters. The van der Waals surface area contributed by atoms with E-state index in [1.807, 2.05) is 6.07 Å². The minimum Gasteiger partial charge on any atom is -0.452 e. The molecule has 2 aromatic heterocycles. The molecular weight excluding hydrogens is 430 g/mol. The van der Waals surface area contributed by atoms with Gasteiger partial charge in [0, 0.05) is 23.7 Å². The predicted octanol–water partition coefficient (Wildman–Crippen LogP) is 3.22. The monoisotopic (exact) mass is 445 g/mol. The lowest BCUT2D eigenvalue weighted by molar-refractivity contribution is -0.208. The number of ether oxygens (including phenoxy) is 1. The lowest BCUT2D eigenvalue weighted by atomic mass is 9.84. The van der Waals surface area contributed by atoms with Crippen molar-refractivity contribution in [1.29, 1.82) is 5.26 Å². The number of aliphatic imine (C=N–C) groups is 1. The highest BCUT2D eigenvalue weighted by Gasteiger charge is 2.50. The molecule has 1 aliphatic rings. The second-order valence-corrected chi connectivity index (χ2v) is 7.34. The number of nitriles is 1. The van der Waals surface area contributed by atoms with Gasteiger partial charge in [-0.3, -0.25) is 0 Å². The number of halogens is 4. The number of aromatic nitrogens is 4. The number of alkyl halides is 3. The molecule has 0 amide bonds. The number of nitrogens with zero attached hydrogens (tertiary/aromatic N) is 6. The van der Waals surface area contributed by atoms with Crippen molar-refractivity contribution in [1.82, 2.24) is 20.0 Å². The molecule has 4 rings (SSSR count). The van der Waals surface area contributed by atoms with Crippen molar-refractivity contribution in [3.63, 3.8) is 0 Å². The molecule has 1 aliphatic heterocycles. The van der Waals surface area contributed by atoms with Crippen LogP contribution < -0.4 is 5.73 Å². The number of pyridine rings is 1. The molecule has 2 N–H and O–H groups in total. The molecule has 0 aliphatic carbocycles. The molecule has 0 bridgehead atoms. The van der Waals surface area contributed by atoms with Gasteiger partial charge in [0.1, 0.15) is 17.6 Å². The van der Waals surface area contributed by atoms with E-state index in [0.717, 1.165) is 6.07 Å². The molecule has 3 heterocycles. The first-order chi connectivity index (χ1) is 15.1. The fourth-order valence-electron chi connectivity index (χ4n) is 3.41. The van der Waals surface area contributed by atoms with Gasteiger partial charge in [0.2, 0.25) is 0 Å². The average Bonchev–Trinajstić information content (AvgIpc) is 3.23. The van der Waals surface area contributed by atoms with Crippen LogP contribution in [0.2, 0.25) is 0 Å². The summed E-state index contributed by atoms with van der Waals surface area (Å²) in [6, 6.07) is 8.35. The van der Waals surface area contributed by atoms with Gasteiger partial charge in [0.05, 0.1) is 17.3 Å². The van der Waals surface area contributed by atoms with Crippen LogP contribution in [0, 0.1) is 17.1 Å². The Morgan fingerprint density at radius 3 is 2.72 bits per heavy atom. The van der Waals surface area contributed by atoms with Gasteiger partial charge in [-0.25, -0.2) is 19.0 Å². The van der Waals surface area contributed by atoms with E-state index in [-0.39, 0.29) is 5.56 Å². The van der Waals surface area contributed by atoms with Crippen molar-refractivity contribution in [2.45, 2.75) is 31.2 Å². The highest BCUT2D eigenvalue weighted by atomic mass is 19.4. The third-order valence-corrected chi connectivity index (χ3v) is 5.02. The number of benzene rings is 1. The molecule has 0 saturated carbocycles. The lowest BCUT2D eigenvalue weighted by Gasteiger charge is -2.36. The lowest BCUT2D eigenvalue weighted by Crippen LogP contribution is -2.46. The molecule has 0 radical (unpaired) electrons. The van der Waals surface area contributed by atoms with Crippen LogP contribution in [0.5, 0.6) is 0 Å². The Bertz CT molecular complexity index is 1230. The summed E-state index contributed by atoms with van der Waals surface area (Å²) in [6.07, 6.45) is -4.64. The van der Waals surface area contributed by atoms with Gasteiger partial charge < -0.3 is 10.5 Å². The Labute approximate surface area is 179 Å². The van der Waals surface area contributed by atoms with Crippen LogP contribution in [0.15, 0.2) is 47.7 Å². The Morgan fingerprint density at radius 1 is 1.28 bits per heavy atom. The highest BCUT2D eigenvalue weighted by molar-refractivity contribution is 5.73. The van der Waals surface area contributed by atoms with E-state index in [0.29, 0.717) is 22.6 Å². The molecule has 0 unspecified atom stereocenters. The molecule has 0 spiro atoms.